The molecule has 13 heteroatoms. The molecule has 0 radical (unpaired) electrons. The van der Waals surface area contributed by atoms with Gasteiger partial charge in [-0.05, 0) is 37.1 Å². The first-order valence-corrected chi connectivity index (χ1v) is 12.0. The quantitative estimate of drug-likeness (QED) is 0.256. The molecule has 5 N–H and O–H groups in total. The molecule has 2 amide bonds. The predicted octanol–water partition coefficient (Wildman–Crippen LogP) is 4.33. The smallest absolute Gasteiger partial charge is 0.422 e. The Morgan fingerprint density at radius 1 is 1.10 bits per heavy atom. The fourth-order valence-corrected chi connectivity index (χ4v) is 3.52. The number of nitrogens with one attached hydrogen (secondary N) is 3. The van der Waals surface area contributed by atoms with Crippen molar-refractivity contribution in [2.75, 3.05) is 18.5 Å². The molecule has 1 unspecified atom stereocenters. The first-order chi connectivity index (χ1) is 18.3. The van der Waals surface area contributed by atoms with E-state index < -0.39 is 42.1 Å². The molecule has 39 heavy (non-hydrogen) atoms. The van der Waals surface area contributed by atoms with Gasteiger partial charge in [0.2, 0.25) is 5.91 Å². The Morgan fingerprint density at radius 2 is 1.74 bits per heavy atom. The molecule has 2 aromatic carbocycles. The van der Waals surface area contributed by atoms with E-state index in [0.29, 0.717) is 10.6 Å². The van der Waals surface area contributed by atoms with Crippen LogP contribution >= 0.6 is 11.6 Å². The van der Waals surface area contributed by atoms with Crippen molar-refractivity contribution < 1.29 is 27.5 Å². The van der Waals surface area contributed by atoms with Crippen LogP contribution in [-0.4, -0.2) is 52.4 Å². The number of rotatable bonds is 11. The van der Waals surface area contributed by atoms with Gasteiger partial charge < -0.3 is 26.5 Å². The highest BCUT2D eigenvalue weighted by atomic mass is 35.5. The summed E-state index contributed by atoms with van der Waals surface area (Å²) >= 11 is 5.99. The van der Waals surface area contributed by atoms with E-state index in [1.807, 2.05) is 18.2 Å². The summed E-state index contributed by atoms with van der Waals surface area (Å²) in [7, 11) is 0. The maximum atomic E-state index is 13.0. The van der Waals surface area contributed by atoms with Crippen LogP contribution in [0.2, 0.25) is 5.02 Å². The number of primary amides is 1. The molecule has 0 bridgehead atoms. The number of hydrogen-bond donors (Lipinski definition) is 4. The number of carbonyl (C=O) groups excluding carboxylic acids is 2. The maximum Gasteiger partial charge on any atom is 0.422 e. The topological polar surface area (TPSA) is 143 Å². The molecular weight excluding hydrogens is 537 g/mol. The lowest BCUT2D eigenvalue weighted by Crippen LogP contribution is -2.53. The van der Waals surface area contributed by atoms with E-state index >= 15 is 0 Å². The van der Waals surface area contributed by atoms with Gasteiger partial charge in [-0.25, -0.2) is 4.98 Å². The Balaban J connectivity index is 1.96. The molecule has 3 rings (SSSR count). The number of carbonyl (C=O) groups is 2. The van der Waals surface area contributed by atoms with Crippen LogP contribution in [0, 0.1) is 5.41 Å². The lowest BCUT2D eigenvalue weighted by molar-refractivity contribution is -0.154. The summed E-state index contributed by atoms with van der Waals surface area (Å²) in [5, 5.41) is 14.8. The minimum atomic E-state index is -4.63. The number of anilines is 1. The number of nitrogens with zero attached hydrogens (tertiary/aromatic N) is 2. The van der Waals surface area contributed by atoms with Crippen molar-refractivity contribution in [2.45, 2.75) is 31.5 Å². The van der Waals surface area contributed by atoms with Gasteiger partial charge in [-0.1, -0.05) is 54.1 Å². The number of alkyl halides is 3. The standard InChI is InChI=1S/C26H26ClF3N6O3/c1-25(2,23(32)38)36-22(37)19-13-34-24(39-14-26(28,29)30)35-21(19)33-12-18(15-6-4-3-5-7-15)20(31)16-8-10-17(27)11-9-16/h3-11,13,18,31H,12,14H2,1-2H3,(H2,32,38)(H,36,37)(H,33,34,35). The van der Waals surface area contributed by atoms with Gasteiger partial charge in [0.25, 0.3) is 5.91 Å². The summed E-state index contributed by atoms with van der Waals surface area (Å²) in [6, 6.07) is 15.1. The van der Waals surface area contributed by atoms with Gasteiger partial charge in [-0.15, -0.1) is 0 Å². The molecular formula is C26H26ClF3N6O3. The summed E-state index contributed by atoms with van der Waals surface area (Å²) in [5.41, 5.74) is 5.29. The van der Waals surface area contributed by atoms with Gasteiger partial charge >= 0.3 is 12.2 Å². The van der Waals surface area contributed by atoms with Crippen LogP contribution in [0.3, 0.4) is 0 Å². The fourth-order valence-electron chi connectivity index (χ4n) is 3.40. The Morgan fingerprint density at radius 3 is 2.33 bits per heavy atom. The predicted molar refractivity (Wildman–Crippen MR) is 140 cm³/mol. The van der Waals surface area contributed by atoms with E-state index in [0.717, 1.165) is 11.8 Å². The number of ether oxygens (including phenoxy) is 1. The Bertz CT molecular complexity index is 1340. The van der Waals surface area contributed by atoms with Crippen molar-refractivity contribution in [1.29, 1.82) is 5.41 Å². The highest BCUT2D eigenvalue weighted by Gasteiger charge is 2.31. The summed E-state index contributed by atoms with van der Waals surface area (Å²) in [5.74, 6) is -2.34. The molecule has 3 aromatic rings. The maximum absolute atomic E-state index is 13.0. The van der Waals surface area contributed by atoms with Crippen LogP contribution in [0.1, 0.15) is 41.3 Å². The number of nitrogens with two attached hydrogens (primary N) is 1. The number of aromatic nitrogens is 2. The molecule has 0 spiro atoms. The molecule has 0 aliphatic carbocycles. The molecule has 206 valence electrons. The van der Waals surface area contributed by atoms with Gasteiger partial charge in [0.15, 0.2) is 6.61 Å². The second kappa shape index (κ2) is 12.1. The molecule has 1 heterocycles. The normalized spacial score (nSPS) is 12.4. The highest BCUT2D eigenvalue weighted by molar-refractivity contribution is 6.30. The molecule has 0 fully saturated rings. The van der Waals surface area contributed by atoms with Crippen LogP contribution in [0.4, 0.5) is 19.0 Å². The highest BCUT2D eigenvalue weighted by Crippen LogP contribution is 2.25. The van der Waals surface area contributed by atoms with Crippen molar-refractivity contribution in [2.24, 2.45) is 5.73 Å². The lowest BCUT2D eigenvalue weighted by atomic mass is 9.90. The van der Waals surface area contributed by atoms with E-state index in [9.17, 15) is 22.8 Å². The lowest BCUT2D eigenvalue weighted by Gasteiger charge is -2.24. The van der Waals surface area contributed by atoms with Crippen LogP contribution in [0.5, 0.6) is 6.01 Å². The zero-order chi connectivity index (χ0) is 28.8. The van der Waals surface area contributed by atoms with Crippen LogP contribution in [-0.2, 0) is 4.79 Å². The summed E-state index contributed by atoms with van der Waals surface area (Å²) < 4.78 is 42.7. The van der Waals surface area contributed by atoms with Crippen LogP contribution < -0.4 is 21.1 Å². The fraction of sp³-hybridized carbons (Fsp3) is 0.269. The number of hydrogen-bond acceptors (Lipinski definition) is 7. The molecule has 0 saturated carbocycles. The molecule has 0 aliphatic heterocycles. The summed E-state index contributed by atoms with van der Waals surface area (Å²) in [6.45, 7) is 1.16. The van der Waals surface area contributed by atoms with Gasteiger partial charge in [0.05, 0.1) is 0 Å². The molecule has 1 aromatic heterocycles. The van der Waals surface area contributed by atoms with E-state index in [4.69, 9.17) is 22.7 Å². The van der Waals surface area contributed by atoms with E-state index in [-0.39, 0.29) is 23.6 Å². The van der Waals surface area contributed by atoms with Crippen molar-refractivity contribution in [3.63, 3.8) is 0 Å². The Labute approximate surface area is 227 Å². The Hall–Kier alpha value is -4.19. The van der Waals surface area contributed by atoms with E-state index in [1.54, 1.807) is 36.4 Å². The minimum absolute atomic E-state index is 0.0146. The van der Waals surface area contributed by atoms with Gasteiger partial charge in [0.1, 0.15) is 16.9 Å². The van der Waals surface area contributed by atoms with Crippen molar-refractivity contribution in [1.82, 2.24) is 15.3 Å². The zero-order valence-electron chi connectivity index (χ0n) is 21.0. The first-order valence-electron chi connectivity index (χ1n) is 11.6. The largest absolute Gasteiger partial charge is 0.454 e. The SMILES string of the molecule is CC(C)(NC(=O)c1cnc(OCC(F)(F)F)nc1NCC(C(=N)c1ccc(Cl)cc1)c1ccccc1)C(N)=O. The summed E-state index contributed by atoms with van der Waals surface area (Å²) in [4.78, 5) is 32.4. The van der Waals surface area contributed by atoms with Crippen LogP contribution in [0.25, 0.3) is 0 Å². The number of benzene rings is 2. The second-order valence-corrected chi connectivity index (χ2v) is 9.46. The first kappa shape index (κ1) is 29.4. The van der Waals surface area contributed by atoms with Crippen molar-refractivity contribution in [3.05, 3.63) is 82.5 Å². The zero-order valence-corrected chi connectivity index (χ0v) is 21.7. The molecule has 9 nitrogen and oxygen atoms in total. The van der Waals surface area contributed by atoms with Gasteiger partial charge in [-0.2, -0.15) is 18.2 Å². The third-order valence-corrected chi connectivity index (χ3v) is 5.85. The minimum Gasteiger partial charge on any atom is -0.454 e. The van der Waals surface area contributed by atoms with Crippen molar-refractivity contribution >= 4 is 34.9 Å². The van der Waals surface area contributed by atoms with Gasteiger partial charge in [0, 0.05) is 29.4 Å². The van der Waals surface area contributed by atoms with Crippen molar-refractivity contribution in [3.8, 4) is 6.01 Å². The summed E-state index contributed by atoms with van der Waals surface area (Å²) in [6.07, 6.45) is -3.65. The molecule has 0 aliphatic rings. The second-order valence-electron chi connectivity index (χ2n) is 9.03. The average molecular weight is 563 g/mol. The van der Waals surface area contributed by atoms with E-state index in [2.05, 4.69) is 25.3 Å². The average Bonchev–Trinajstić information content (AvgIpc) is 2.87. The monoisotopic (exact) mass is 562 g/mol. The Kier molecular flexibility index (Phi) is 9.12. The van der Waals surface area contributed by atoms with Gasteiger partial charge in [-0.3, -0.25) is 9.59 Å². The number of amides is 2. The number of halogens is 4. The van der Waals surface area contributed by atoms with E-state index in [1.165, 1.54) is 13.8 Å². The molecule has 0 saturated heterocycles. The third kappa shape index (κ3) is 8.14. The van der Waals surface area contributed by atoms with Crippen LogP contribution in [0.15, 0.2) is 60.8 Å². The molecule has 1 atom stereocenters. The third-order valence-electron chi connectivity index (χ3n) is 5.60.